The topological polar surface area (TPSA) is 49.6 Å². The van der Waals surface area contributed by atoms with E-state index in [1.165, 1.54) is 0 Å². The summed E-state index contributed by atoms with van der Waals surface area (Å²) in [5.74, 6) is -3.36. The molecule has 2 atom stereocenters. The lowest BCUT2D eigenvalue weighted by atomic mass is 10.0. The Morgan fingerprint density at radius 2 is 1.79 bits per heavy atom. The van der Waals surface area contributed by atoms with Gasteiger partial charge in [-0.2, -0.15) is 8.78 Å². The van der Waals surface area contributed by atoms with Crippen LogP contribution in [0.3, 0.4) is 0 Å². The van der Waals surface area contributed by atoms with Gasteiger partial charge in [0.05, 0.1) is 0 Å². The maximum Gasteiger partial charge on any atom is 0.294 e. The van der Waals surface area contributed by atoms with Crippen LogP contribution in [0, 0.1) is 23.4 Å². The van der Waals surface area contributed by atoms with Crippen molar-refractivity contribution in [3.63, 3.8) is 0 Å². The SMILES string of the molecule is N[C@@H](CC(=O)N1CCCC1CN(CC1CC1)C(F)F)Cc1cc(F)c(F)cc1F. The lowest BCUT2D eigenvalue weighted by molar-refractivity contribution is -0.133. The Morgan fingerprint density at radius 3 is 2.45 bits per heavy atom. The van der Waals surface area contributed by atoms with Crippen LogP contribution in [-0.2, 0) is 11.2 Å². The highest BCUT2D eigenvalue weighted by Gasteiger charge is 2.35. The number of nitrogens with zero attached hydrogens (tertiary/aromatic N) is 2. The summed E-state index contributed by atoms with van der Waals surface area (Å²) < 4.78 is 66.8. The lowest BCUT2D eigenvalue weighted by Gasteiger charge is -2.31. The molecule has 9 heteroatoms. The number of benzene rings is 1. The number of hydrogen-bond donors (Lipinski definition) is 1. The summed E-state index contributed by atoms with van der Waals surface area (Å²) in [6, 6.07) is 0.101. The monoisotopic (exact) mass is 419 g/mol. The van der Waals surface area contributed by atoms with Crippen LogP contribution in [-0.4, -0.2) is 54.0 Å². The number of halogens is 5. The van der Waals surface area contributed by atoms with Gasteiger partial charge in [0.1, 0.15) is 5.82 Å². The van der Waals surface area contributed by atoms with Crippen molar-refractivity contribution in [3.8, 4) is 0 Å². The minimum Gasteiger partial charge on any atom is -0.338 e. The Bertz CT molecular complexity index is 728. The first kappa shape index (κ1) is 22.0. The standard InChI is InChI=1S/C20H26F5N3O/c21-16-9-18(23)17(22)7-13(16)6-14(26)8-19(29)28-5-1-2-15(28)11-27(20(24)25)10-12-3-4-12/h7,9,12,14-15,20H,1-6,8,10-11,26H2/t14-,15?/m1/s1. The van der Waals surface area contributed by atoms with Crippen LogP contribution in [0.1, 0.15) is 37.7 Å². The first-order valence-corrected chi connectivity index (χ1v) is 9.95. The van der Waals surface area contributed by atoms with E-state index in [1.54, 1.807) is 4.90 Å². The van der Waals surface area contributed by atoms with Crippen LogP contribution in [0.4, 0.5) is 22.0 Å². The predicted octanol–water partition coefficient (Wildman–Crippen LogP) is 3.29. The van der Waals surface area contributed by atoms with Gasteiger partial charge in [0.2, 0.25) is 5.91 Å². The van der Waals surface area contributed by atoms with Gasteiger partial charge in [-0.15, -0.1) is 0 Å². The zero-order valence-electron chi connectivity index (χ0n) is 16.1. The van der Waals surface area contributed by atoms with E-state index in [2.05, 4.69) is 0 Å². The Morgan fingerprint density at radius 1 is 1.10 bits per heavy atom. The molecular formula is C20H26F5N3O. The molecule has 4 nitrogen and oxygen atoms in total. The van der Waals surface area contributed by atoms with E-state index >= 15 is 0 Å². The Hall–Kier alpha value is -1.74. The molecule has 1 aromatic rings. The zero-order chi connectivity index (χ0) is 21.1. The van der Waals surface area contributed by atoms with Gasteiger partial charge in [0, 0.05) is 44.2 Å². The molecule has 2 aliphatic rings. The van der Waals surface area contributed by atoms with Gasteiger partial charge in [-0.05, 0) is 49.7 Å². The minimum atomic E-state index is -2.56. The Balaban J connectivity index is 1.56. The number of likely N-dealkylation sites (tertiary alicyclic amines) is 1. The van der Waals surface area contributed by atoms with Crippen LogP contribution in [0.2, 0.25) is 0 Å². The molecule has 1 aliphatic carbocycles. The third-order valence-corrected chi connectivity index (χ3v) is 5.62. The quantitative estimate of drug-likeness (QED) is 0.380. The molecule has 0 spiro atoms. The molecule has 3 rings (SSSR count). The number of rotatable bonds is 9. The zero-order valence-corrected chi connectivity index (χ0v) is 16.1. The average molecular weight is 419 g/mol. The molecule has 0 radical (unpaired) electrons. The summed E-state index contributed by atoms with van der Waals surface area (Å²) in [5, 5.41) is 0. The molecule has 1 aliphatic heterocycles. The number of carbonyl (C=O) groups excluding carboxylic acids is 1. The van der Waals surface area contributed by atoms with Gasteiger partial charge >= 0.3 is 0 Å². The molecule has 1 heterocycles. The minimum absolute atomic E-state index is 0.101. The summed E-state index contributed by atoms with van der Waals surface area (Å²) >= 11 is 0. The summed E-state index contributed by atoms with van der Waals surface area (Å²) in [4.78, 5) is 15.4. The fraction of sp³-hybridized carbons (Fsp3) is 0.650. The van der Waals surface area contributed by atoms with Crippen LogP contribution in [0.25, 0.3) is 0 Å². The van der Waals surface area contributed by atoms with E-state index in [9.17, 15) is 26.7 Å². The highest BCUT2D eigenvalue weighted by atomic mass is 19.3. The fourth-order valence-electron chi connectivity index (χ4n) is 3.91. The van der Waals surface area contributed by atoms with Gasteiger partial charge in [0.15, 0.2) is 11.6 Å². The fourth-order valence-corrected chi connectivity index (χ4v) is 3.91. The van der Waals surface area contributed by atoms with E-state index in [0.717, 1.165) is 30.2 Å². The molecule has 162 valence electrons. The molecule has 0 bridgehead atoms. The van der Waals surface area contributed by atoms with Crippen molar-refractivity contribution in [1.29, 1.82) is 0 Å². The van der Waals surface area contributed by atoms with E-state index in [-0.39, 0.29) is 36.9 Å². The van der Waals surface area contributed by atoms with Crippen molar-refractivity contribution in [2.24, 2.45) is 11.7 Å². The van der Waals surface area contributed by atoms with Crippen LogP contribution in [0.5, 0.6) is 0 Å². The van der Waals surface area contributed by atoms with Crippen molar-refractivity contribution >= 4 is 5.91 Å². The molecule has 1 aromatic carbocycles. The molecule has 1 saturated heterocycles. The lowest BCUT2D eigenvalue weighted by Crippen LogP contribution is -2.46. The number of amides is 1. The third-order valence-electron chi connectivity index (χ3n) is 5.62. The highest BCUT2D eigenvalue weighted by molar-refractivity contribution is 5.77. The molecule has 1 saturated carbocycles. The van der Waals surface area contributed by atoms with E-state index in [4.69, 9.17) is 5.73 Å². The van der Waals surface area contributed by atoms with Crippen molar-refractivity contribution < 1.29 is 26.7 Å². The first-order valence-electron chi connectivity index (χ1n) is 9.95. The summed E-state index contributed by atoms with van der Waals surface area (Å²) in [6.07, 6.45) is 3.05. The highest BCUT2D eigenvalue weighted by Crippen LogP contribution is 2.31. The third kappa shape index (κ3) is 5.88. The second-order valence-electron chi connectivity index (χ2n) is 8.08. The number of nitrogens with two attached hydrogens (primary N) is 1. The predicted molar refractivity (Wildman–Crippen MR) is 97.6 cm³/mol. The van der Waals surface area contributed by atoms with Gasteiger partial charge in [-0.25, -0.2) is 18.1 Å². The second kappa shape index (κ2) is 9.38. The maximum absolute atomic E-state index is 13.8. The van der Waals surface area contributed by atoms with Crippen molar-refractivity contribution in [3.05, 3.63) is 35.1 Å². The van der Waals surface area contributed by atoms with Gasteiger partial charge in [-0.3, -0.25) is 4.79 Å². The summed E-state index contributed by atoms with van der Waals surface area (Å²) in [6.45, 7) is -1.64. The molecule has 0 aromatic heterocycles. The first-order chi connectivity index (χ1) is 13.7. The summed E-state index contributed by atoms with van der Waals surface area (Å²) in [7, 11) is 0. The molecule has 29 heavy (non-hydrogen) atoms. The Labute approximate surface area is 166 Å². The second-order valence-corrected chi connectivity index (χ2v) is 8.08. The number of alkyl halides is 2. The van der Waals surface area contributed by atoms with Gasteiger partial charge in [-0.1, -0.05) is 0 Å². The molecular weight excluding hydrogens is 393 g/mol. The van der Waals surface area contributed by atoms with E-state index < -0.39 is 30.0 Å². The van der Waals surface area contributed by atoms with Crippen LogP contribution >= 0.6 is 0 Å². The van der Waals surface area contributed by atoms with Gasteiger partial charge in [0.25, 0.3) is 6.55 Å². The summed E-state index contributed by atoms with van der Waals surface area (Å²) in [5.41, 5.74) is 5.84. The molecule has 2 N–H and O–H groups in total. The maximum atomic E-state index is 13.8. The molecule has 2 fully saturated rings. The number of hydrogen-bond acceptors (Lipinski definition) is 3. The van der Waals surface area contributed by atoms with Crippen molar-refractivity contribution in [1.82, 2.24) is 9.80 Å². The van der Waals surface area contributed by atoms with E-state index in [1.807, 2.05) is 0 Å². The number of carbonyl (C=O) groups is 1. The molecule has 1 amide bonds. The van der Waals surface area contributed by atoms with Crippen LogP contribution < -0.4 is 5.73 Å². The molecule has 1 unspecified atom stereocenters. The van der Waals surface area contributed by atoms with Crippen LogP contribution in [0.15, 0.2) is 12.1 Å². The largest absolute Gasteiger partial charge is 0.338 e. The van der Waals surface area contributed by atoms with E-state index in [0.29, 0.717) is 31.5 Å². The average Bonchev–Trinajstić information content (AvgIpc) is 3.33. The van der Waals surface area contributed by atoms with Gasteiger partial charge < -0.3 is 10.6 Å². The van der Waals surface area contributed by atoms with Crippen molar-refractivity contribution in [2.75, 3.05) is 19.6 Å². The van der Waals surface area contributed by atoms with Crippen molar-refractivity contribution in [2.45, 2.75) is 57.2 Å². The smallest absolute Gasteiger partial charge is 0.294 e. The Kier molecular flexibility index (Phi) is 7.10. The normalized spacial score (nSPS) is 20.7.